The van der Waals surface area contributed by atoms with E-state index in [4.69, 9.17) is 4.74 Å². The van der Waals surface area contributed by atoms with E-state index in [1.165, 1.54) is 49.6 Å². The standard InChI is InChI=1S/C29H24FN5O5S/c1-17-26(28(37)34-23-9-5-6-10-24(23)40-2)27(20-7-3-4-8-22(20)30)21(15-31)29(32-17)41-16-25(36)33-18-11-13-19(14-12-18)35(38)39/h3-14,27,32H,16H2,1-2H3,(H,33,36)(H,34,37)/t27-/m0/s1. The Labute approximate surface area is 239 Å². The number of benzene rings is 3. The fraction of sp³-hybridized carbons (Fsp3) is 0.138. The first-order chi connectivity index (χ1) is 19.7. The van der Waals surface area contributed by atoms with E-state index < -0.39 is 28.5 Å². The summed E-state index contributed by atoms with van der Waals surface area (Å²) in [7, 11) is 1.47. The van der Waals surface area contributed by atoms with E-state index in [2.05, 4.69) is 22.0 Å². The van der Waals surface area contributed by atoms with Gasteiger partial charge in [-0.05, 0) is 37.3 Å². The number of rotatable bonds is 9. The number of nitro benzene ring substituents is 1. The lowest BCUT2D eigenvalue weighted by Gasteiger charge is -2.30. The molecular formula is C29H24FN5O5S. The van der Waals surface area contributed by atoms with Crippen LogP contribution < -0.4 is 20.7 Å². The number of anilines is 2. The summed E-state index contributed by atoms with van der Waals surface area (Å²) in [5.41, 5.74) is 1.36. The summed E-state index contributed by atoms with van der Waals surface area (Å²) in [6, 6.07) is 20.2. The Morgan fingerprint density at radius 3 is 2.44 bits per heavy atom. The fourth-order valence-electron chi connectivity index (χ4n) is 4.29. The molecule has 3 aromatic carbocycles. The van der Waals surface area contributed by atoms with E-state index in [1.54, 1.807) is 37.3 Å². The number of methoxy groups -OCH3 is 1. The number of carbonyl (C=O) groups excluding carboxylic acids is 2. The monoisotopic (exact) mass is 573 g/mol. The van der Waals surface area contributed by atoms with E-state index in [1.807, 2.05) is 0 Å². The molecule has 1 aliphatic heterocycles. The van der Waals surface area contributed by atoms with E-state index in [-0.39, 0.29) is 28.1 Å². The Kier molecular flexibility index (Phi) is 9.01. The number of thioether (sulfide) groups is 1. The van der Waals surface area contributed by atoms with Gasteiger partial charge in [0.1, 0.15) is 11.6 Å². The van der Waals surface area contributed by atoms with Gasteiger partial charge in [0.05, 0.1) is 46.1 Å². The number of nitro groups is 1. The second-order valence-corrected chi connectivity index (χ2v) is 9.75. The molecule has 3 aromatic rings. The predicted octanol–water partition coefficient (Wildman–Crippen LogP) is 5.45. The first kappa shape index (κ1) is 28.8. The van der Waals surface area contributed by atoms with Crippen LogP contribution in [0.4, 0.5) is 21.5 Å². The van der Waals surface area contributed by atoms with Crippen molar-refractivity contribution in [1.82, 2.24) is 5.32 Å². The van der Waals surface area contributed by atoms with Gasteiger partial charge in [0.25, 0.3) is 11.6 Å². The summed E-state index contributed by atoms with van der Waals surface area (Å²) < 4.78 is 20.4. The molecule has 0 saturated carbocycles. The number of carbonyl (C=O) groups is 2. The summed E-state index contributed by atoms with van der Waals surface area (Å²) in [5, 5.41) is 29.8. The first-order valence-corrected chi connectivity index (χ1v) is 13.2. The van der Waals surface area contributed by atoms with Crippen LogP contribution in [0.3, 0.4) is 0 Å². The number of para-hydroxylation sites is 2. The maximum absolute atomic E-state index is 15.1. The van der Waals surface area contributed by atoms with Gasteiger partial charge < -0.3 is 20.7 Å². The fourth-order valence-corrected chi connectivity index (χ4v) is 5.18. The molecule has 0 radical (unpaired) electrons. The number of halogens is 1. The quantitative estimate of drug-likeness (QED) is 0.226. The molecule has 12 heteroatoms. The van der Waals surface area contributed by atoms with Crippen molar-refractivity contribution in [2.24, 2.45) is 0 Å². The lowest BCUT2D eigenvalue weighted by atomic mass is 9.82. The summed E-state index contributed by atoms with van der Waals surface area (Å²) in [6.45, 7) is 1.64. The Hall–Kier alpha value is -5.15. The van der Waals surface area contributed by atoms with Crippen LogP contribution in [0, 0.1) is 27.3 Å². The van der Waals surface area contributed by atoms with Gasteiger partial charge in [-0.25, -0.2) is 4.39 Å². The predicted molar refractivity (Wildman–Crippen MR) is 153 cm³/mol. The molecule has 3 N–H and O–H groups in total. The summed E-state index contributed by atoms with van der Waals surface area (Å²) in [6.07, 6.45) is 0. The minimum absolute atomic E-state index is 0.0685. The highest BCUT2D eigenvalue weighted by Gasteiger charge is 2.36. The molecule has 1 atom stereocenters. The minimum atomic E-state index is -1.06. The Morgan fingerprint density at radius 1 is 1.10 bits per heavy atom. The number of hydrogen-bond acceptors (Lipinski definition) is 8. The normalized spacial score (nSPS) is 14.5. The smallest absolute Gasteiger partial charge is 0.269 e. The van der Waals surface area contributed by atoms with Crippen LogP contribution in [-0.2, 0) is 9.59 Å². The number of dihydropyridines is 1. The van der Waals surface area contributed by atoms with Gasteiger partial charge >= 0.3 is 0 Å². The van der Waals surface area contributed by atoms with Gasteiger partial charge in [0.2, 0.25) is 5.91 Å². The number of allylic oxidation sites excluding steroid dienone is 2. The third kappa shape index (κ3) is 6.54. The van der Waals surface area contributed by atoms with Gasteiger partial charge in [-0.15, -0.1) is 0 Å². The highest BCUT2D eigenvalue weighted by atomic mass is 32.2. The molecule has 2 amide bonds. The van der Waals surface area contributed by atoms with Gasteiger partial charge in [0, 0.05) is 34.7 Å². The van der Waals surface area contributed by atoms with Crippen molar-refractivity contribution in [3.63, 3.8) is 0 Å². The van der Waals surface area contributed by atoms with Crippen LogP contribution in [0.1, 0.15) is 18.4 Å². The second kappa shape index (κ2) is 12.8. The van der Waals surface area contributed by atoms with Gasteiger partial charge in [-0.2, -0.15) is 5.26 Å². The van der Waals surface area contributed by atoms with Crippen molar-refractivity contribution in [1.29, 1.82) is 5.26 Å². The number of nitrogens with one attached hydrogen (secondary N) is 3. The summed E-state index contributed by atoms with van der Waals surface area (Å²) >= 11 is 1.01. The Balaban J connectivity index is 1.62. The molecule has 0 spiro atoms. The van der Waals surface area contributed by atoms with E-state index in [0.717, 1.165) is 11.8 Å². The zero-order valence-electron chi connectivity index (χ0n) is 21.9. The number of nitriles is 1. The van der Waals surface area contributed by atoms with Gasteiger partial charge in [0.15, 0.2) is 0 Å². The number of non-ortho nitro benzene ring substituents is 1. The zero-order valence-corrected chi connectivity index (χ0v) is 22.8. The number of nitrogens with zero attached hydrogens (tertiary/aromatic N) is 2. The summed E-state index contributed by atoms with van der Waals surface area (Å²) in [5.74, 6) is -2.35. The number of amides is 2. The lowest BCUT2D eigenvalue weighted by molar-refractivity contribution is -0.384. The number of hydrogen-bond donors (Lipinski definition) is 3. The van der Waals surface area contributed by atoms with Crippen LogP contribution in [0.25, 0.3) is 0 Å². The van der Waals surface area contributed by atoms with Crippen molar-refractivity contribution in [3.8, 4) is 11.8 Å². The highest BCUT2D eigenvalue weighted by Crippen LogP contribution is 2.42. The third-order valence-electron chi connectivity index (χ3n) is 6.17. The Bertz CT molecular complexity index is 1610. The van der Waals surface area contributed by atoms with E-state index >= 15 is 4.39 Å². The van der Waals surface area contributed by atoms with Crippen molar-refractivity contribution in [2.75, 3.05) is 23.5 Å². The van der Waals surface area contributed by atoms with Crippen molar-refractivity contribution < 1.29 is 23.6 Å². The molecule has 0 fully saturated rings. The number of ether oxygens (including phenoxy) is 1. The van der Waals surface area contributed by atoms with E-state index in [0.29, 0.717) is 27.9 Å². The summed E-state index contributed by atoms with van der Waals surface area (Å²) in [4.78, 5) is 36.6. The van der Waals surface area contributed by atoms with Crippen LogP contribution in [0.15, 0.2) is 94.7 Å². The van der Waals surface area contributed by atoms with Crippen LogP contribution in [0.5, 0.6) is 5.75 Å². The third-order valence-corrected chi connectivity index (χ3v) is 7.19. The maximum Gasteiger partial charge on any atom is 0.269 e. The van der Waals surface area contributed by atoms with E-state index in [9.17, 15) is 25.0 Å². The van der Waals surface area contributed by atoms with Gasteiger partial charge in [-0.1, -0.05) is 42.1 Å². The van der Waals surface area contributed by atoms with Crippen molar-refractivity contribution in [2.45, 2.75) is 12.8 Å². The lowest BCUT2D eigenvalue weighted by Crippen LogP contribution is -2.31. The molecule has 0 saturated heterocycles. The molecule has 4 rings (SSSR count). The largest absolute Gasteiger partial charge is 0.495 e. The average molecular weight is 574 g/mol. The average Bonchev–Trinajstić information content (AvgIpc) is 2.96. The van der Waals surface area contributed by atoms with Crippen molar-refractivity contribution in [3.05, 3.63) is 116 Å². The molecule has 0 aromatic heterocycles. The van der Waals surface area contributed by atoms with Crippen LogP contribution >= 0.6 is 11.8 Å². The van der Waals surface area contributed by atoms with Crippen LogP contribution in [-0.4, -0.2) is 29.6 Å². The van der Waals surface area contributed by atoms with Crippen molar-refractivity contribution >= 4 is 40.6 Å². The molecular weight excluding hydrogens is 549 g/mol. The molecule has 1 heterocycles. The molecule has 41 heavy (non-hydrogen) atoms. The topological polar surface area (TPSA) is 146 Å². The minimum Gasteiger partial charge on any atom is -0.495 e. The van der Waals surface area contributed by atoms with Gasteiger partial charge in [-0.3, -0.25) is 19.7 Å². The zero-order chi connectivity index (χ0) is 29.5. The molecule has 1 aliphatic rings. The first-order valence-electron chi connectivity index (χ1n) is 12.2. The maximum atomic E-state index is 15.1. The molecule has 0 bridgehead atoms. The molecule has 0 unspecified atom stereocenters. The second-order valence-electron chi connectivity index (χ2n) is 8.77. The molecule has 208 valence electrons. The highest BCUT2D eigenvalue weighted by molar-refractivity contribution is 8.03. The molecule has 10 nitrogen and oxygen atoms in total. The molecule has 0 aliphatic carbocycles. The Morgan fingerprint density at radius 2 is 1.78 bits per heavy atom. The van der Waals surface area contributed by atoms with Crippen LogP contribution in [0.2, 0.25) is 0 Å². The SMILES string of the molecule is COc1ccccc1NC(=O)C1=C(C)NC(SCC(=O)Nc2ccc([N+](=O)[O-])cc2)=C(C#N)[C@@H]1c1ccccc1F.